The molecule has 0 saturated heterocycles. The van der Waals surface area contributed by atoms with Gasteiger partial charge in [0, 0.05) is 18.0 Å². The Labute approximate surface area is 194 Å². The van der Waals surface area contributed by atoms with Crippen LogP contribution < -0.4 is 5.32 Å². The molecule has 32 heavy (non-hydrogen) atoms. The van der Waals surface area contributed by atoms with E-state index in [1.54, 1.807) is 48.0 Å². The minimum atomic E-state index is -3.80. The van der Waals surface area contributed by atoms with Crippen LogP contribution in [0.1, 0.15) is 33.4 Å². The Bertz CT molecular complexity index is 1200. The SMILES string of the molecule is CCN(CC(=O)Nc1cc(C(C)(C)C)nn1-c1ccccc1Cl)S(=O)(=O)c1ccccc1. The molecule has 3 aromatic rings. The summed E-state index contributed by atoms with van der Waals surface area (Å²) in [7, 11) is -3.80. The Morgan fingerprint density at radius 1 is 1.09 bits per heavy atom. The summed E-state index contributed by atoms with van der Waals surface area (Å²) in [6.07, 6.45) is 0. The van der Waals surface area contributed by atoms with Crippen molar-refractivity contribution in [3.05, 3.63) is 71.4 Å². The Morgan fingerprint density at radius 3 is 2.31 bits per heavy atom. The molecule has 0 aliphatic rings. The van der Waals surface area contributed by atoms with Crippen LogP contribution in [0.15, 0.2) is 65.6 Å². The average molecular weight is 475 g/mol. The molecule has 1 N–H and O–H groups in total. The van der Waals surface area contributed by atoms with Gasteiger partial charge in [-0.05, 0) is 24.3 Å². The second kappa shape index (κ2) is 9.44. The molecule has 0 fully saturated rings. The smallest absolute Gasteiger partial charge is 0.243 e. The molecule has 0 saturated carbocycles. The lowest BCUT2D eigenvalue weighted by molar-refractivity contribution is -0.116. The first-order valence-electron chi connectivity index (χ1n) is 10.2. The summed E-state index contributed by atoms with van der Waals surface area (Å²) < 4.78 is 28.6. The second-order valence-electron chi connectivity index (χ2n) is 8.32. The highest BCUT2D eigenvalue weighted by Gasteiger charge is 2.27. The summed E-state index contributed by atoms with van der Waals surface area (Å²) in [5.41, 5.74) is 1.11. The lowest BCUT2D eigenvalue weighted by atomic mass is 9.92. The van der Waals surface area contributed by atoms with E-state index < -0.39 is 15.9 Å². The fourth-order valence-corrected chi connectivity index (χ4v) is 4.74. The third-order valence-electron chi connectivity index (χ3n) is 4.88. The van der Waals surface area contributed by atoms with Crippen LogP contribution >= 0.6 is 11.6 Å². The van der Waals surface area contributed by atoms with E-state index in [1.165, 1.54) is 12.1 Å². The number of nitrogens with one attached hydrogen (secondary N) is 1. The summed E-state index contributed by atoms with van der Waals surface area (Å²) in [6, 6.07) is 17.0. The first-order chi connectivity index (χ1) is 15.0. The maximum Gasteiger partial charge on any atom is 0.243 e. The number of halogens is 1. The number of likely N-dealkylation sites (N-methyl/N-ethyl adjacent to an activating group) is 1. The molecule has 0 bridgehead atoms. The van der Waals surface area contributed by atoms with Gasteiger partial charge < -0.3 is 5.32 Å². The Kier molecular flexibility index (Phi) is 7.07. The molecule has 170 valence electrons. The van der Waals surface area contributed by atoms with Crippen molar-refractivity contribution in [3.63, 3.8) is 0 Å². The summed E-state index contributed by atoms with van der Waals surface area (Å²) in [6.45, 7) is 7.57. The molecule has 9 heteroatoms. The van der Waals surface area contributed by atoms with Crippen LogP contribution in [-0.2, 0) is 20.2 Å². The largest absolute Gasteiger partial charge is 0.309 e. The quantitative estimate of drug-likeness (QED) is 0.547. The lowest BCUT2D eigenvalue weighted by Crippen LogP contribution is -2.38. The molecule has 2 aromatic carbocycles. The molecule has 0 aliphatic heterocycles. The zero-order chi connectivity index (χ0) is 23.5. The van der Waals surface area contributed by atoms with E-state index in [0.29, 0.717) is 16.5 Å². The van der Waals surface area contributed by atoms with Crippen molar-refractivity contribution in [1.82, 2.24) is 14.1 Å². The zero-order valence-electron chi connectivity index (χ0n) is 18.5. The number of carbonyl (C=O) groups excluding carboxylic acids is 1. The number of hydrogen-bond donors (Lipinski definition) is 1. The second-order valence-corrected chi connectivity index (χ2v) is 10.7. The van der Waals surface area contributed by atoms with Crippen molar-refractivity contribution in [2.24, 2.45) is 0 Å². The van der Waals surface area contributed by atoms with E-state index in [2.05, 4.69) is 10.4 Å². The van der Waals surface area contributed by atoms with Crippen molar-refractivity contribution >= 4 is 33.3 Å². The number of rotatable bonds is 7. The van der Waals surface area contributed by atoms with E-state index in [0.717, 1.165) is 10.00 Å². The fraction of sp³-hybridized carbons (Fsp3) is 0.304. The van der Waals surface area contributed by atoms with Crippen molar-refractivity contribution in [1.29, 1.82) is 0 Å². The lowest BCUT2D eigenvalue weighted by Gasteiger charge is -2.20. The molecule has 0 spiro atoms. The molecule has 3 rings (SSSR count). The van der Waals surface area contributed by atoms with Gasteiger partial charge in [0.15, 0.2) is 0 Å². The highest BCUT2D eigenvalue weighted by molar-refractivity contribution is 7.89. The van der Waals surface area contributed by atoms with Crippen LogP contribution in [0.4, 0.5) is 5.82 Å². The van der Waals surface area contributed by atoms with Crippen molar-refractivity contribution < 1.29 is 13.2 Å². The van der Waals surface area contributed by atoms with E-state index in [9.17, 15) is 13.2 Å². The van der Waals surface area contributed by atoms with E-state index in [-0.39, 0.29) is 23.4 Å². The highest BCUT2D eigenvalue weighted by Crippen LogP contribution is 2.29. The molecule has 0 unspecified atom stereocenters. The van der Waals surface area contributed by atoms with Crippen LogP contribution in [-0.4, -0.2) is 41.5 Å². The van der Waals surface area contributed by atoms with Gasteiger partial charge in [0.2, 0.25) is 15.9 Å². The number of nitrogens with zero attached hydrogens (tertiary/aromatic N) is 3. The zero-order valence-corrected chi connectivity index (χ0v) is 20.1. The van der Waals surface area contributed by atoms with Crippen molar-refractivity contribution in [2.45, 2.75) is 38.0 Å². The third kappa shape index (κ3) is 5.20. The van der Waals surface area contributed by atoms with E-state index in [1.807, 2.05) is 32.9 Å². The molecule has 0 atom stereocenters. The number of amides is 1. The molecule has 7 nitrogen and oxygen atoms in total. The standard InChI is InChI=1S/C23H27ClN4O3S/c1-5-27(32(30,31)17-11-7-6-8-12-17)16-22(29)25-21-15-20(23(2,3)4)26-28(21)19-14-10-9-13-18(19)24/h6-15H,5,16H2,1-4H3,(H,25,29). The molecule has 1 aromatic heterocycles. The Hall–Kier alpha value is -2.68. The summed E-state index contributed by atoms with van der Waals surface area (Å²) in [5, 5.41) is 7.94. The van der Waals surface area contributed by atoms with Crippen molar-refractivity contribution in [3.8, 4) is 5.69 Å². The molecule has 1 heterocycles. The molecule has 1 amide bonds. The van der Waals surface area contributed by atoms with Gasteiger partial charge in [-0.3, -0.25) is 4.79 Å². The van der Waals surface area contributed by atoms with Gasteiger partial charge in [-0.25, -0.2) is 13.1 Å². The fourth-order valence-electron chi connectivity index (χ4n) is 3.09. The monoisotopic (exact) mass is 474 g/mol. The van der Waals surface area contributed by atoms with E-state index in [4.69, 9.17) is 11.6 Å². The first kappa shape index (κ1) is 24.0. The Balaban J connectivity index is 1.90. The van der Waals surface area contributed by atoms with Gasteiger partial charge in [0.1, 0.15) is 5.82 Å². The predicted molar refractivity (Wildman–Crippen MR) is 127 cm³/mol. The maximum atomic E-state index is 12.9. The van der Waals surface area contributed by atoms with Crippen LogP contribution in [0.25, 0.3) is 5.69 Å². The summed E-state index contributed by atoms with van der Waals surface area (Å²) in [5.74, 6) is -0.0544. The van der Waals surface area contributed by atoms with Gasteiger partial charge in [-0.15, -0.1) is 0 Å². The number of anilines is 1. The van der Waals surface area contributed by atoms with E-state index >= 15 is 0 Å². The normalized spacial score (nSPS) is 12.2. The van der Waals surface area contributed by atoms with Crippen LogP contribution in [0.5, 0.6) is 0 Å². The van der Waals surface area contributed by atoms with Crippen LogP contribution in [0.3, 0.4) is 0 Å². The van der Waals surface area contributed by atoms with Crippen molar-refractivity contribution in [2.75, 3.05) is 18.4 Å². The maximum absolute atomic E-state index is 12.9. The highest BCUT2D eigenvalue weighted by atomic mass is 35.5. The number of benzene rings is 2. The van der Waals surface area contributed by atoms with Gasteiger partial charge in [0.05, 0.1) is 27.8 Å². The van der Waals surface area contributed by atoms with Crippen LogP contribution in [0.2, 0.25) is 5.02 Å². The summed E-state index contributed by atoms with van der Waals surface area (Å²) >= 11 is 6.36. The van der Waals surface area contributed by atoms with Gasteiger partial charge in [-0.2, -0.15) is 9.40 Å². The third-order valence-corrected chi connectivity index (χ3v) is 7.13. The van der Waals surface area contributed by atoms with Gasteiger partial charge in [0.25, 0.3) is 0 Å². The number of para-hydroxylation sites is 1. The molecule has 0 aliphatic carbocycles. The number of aromatic nitrogens is 2. The molecule has 0 radical (unpaired) electrons. The van der Waals surface area contributed by atoms with Crippen LogP contribution in [0, 0.1) is 0 Å². The van der Waals surface area contributed by atoms with Gasteiger partial charge >= 0.3 is 0 Å². The average Bonchev–Trinajstić information content (AvgIpc) is 3.16. The predicted octanol–water partition coefficient (Wildman–Crippen LogP) is 4.47. The number of carbonyl (C=O) groups is 1. The number of sulfonamides is 1. The van der Waals surface area contributed by atoms with Gasteiger partial charge in [-0.1, -0.05) is 69.6 Å². The Morgan fingerprint density at radius 2 is 1.72 bits per heavy atom. The summed E-state index contributed by atoms with van der Waals surface area (Å²) in [4.78, 5) is 13.0. The topological polar surface area (TPSA) is 84.3 Å². The first-order valence-corrected chi connectivity index (χ1v) is 12.1. The molecular formula is C23H27ClN4O3S. The minimum Gasteiger partial charge on any atom is -0.309 e. The minimum absolute atomic E-state index is 0.144. The molecular weight excluding hydrogens is 448 g/mol. The number of hydrogen-bond acceptors (Lipinski definition) is 4.